The monoisotopic (exact) mass is 401 g/mol. The smallest absolute Gasteiger partial charge is 0.251 e. The van der Waals surface area contributed by atoms with Crippen LogP contribution in [0.1, 0.15) is 24.3 Å². The molecule has 0 spiro atoms. The molecule has 0 atom stereocenters. The number of allylic oxidation sites excluding steroid dienone is 2. The fourth-order valence-corrected chi connectivity index (χ4v) is 3.11. The Balaban J connectivity index is 0.00000181. The fraction of sp³-hybridized carbons (Fsp3) is 0.0833. The van der Waals surface area contributed by atoms with E-state index in [0.29, 0.717) is 12.1 Å². The average molecular weight is 402 g/mol. The molecule has 6 heteroatoms. The molecule has 0 bridgehead atoms. The minimum Gasteiger partial charge on any atom is -0.352 e. The number of rotatable bonds is 7. The van der Waals surface area contributed by atoms with Crippen LogP contribution in [0, 0.1) is 0 Å². The Morgan fingerprint density at radius 3 is 2.53 bits per heavy atom. The third-order valence-electron chi connectivity index (χ3n) is 4.69. The number of hydrogen-bond acceptors (Lipinski definition) is 5. The molecule has 4 rings (SSSR count). The van der Waals surface area contributed by atoms with Crippen molar-refractivity contribution in [2.45, 2.75) is 6.42 Å². The van der Waals surface area contributed by atoms with Gasteiger partial charge in [-0.2, -0.15) is 0 Å². The van der Waals surface area contributed by atoms with Crippen LogP contribution in [0.5, 0.6) is 0 Å². The Morgan fingerprint density at radius 1 is 0.933 bits per heavy atom. The second-order valence-corrected chi connectivity index (χ2v) is 6.84. The molecule has 0 saturated heterocycles. The van der Waals surface area contributed by atoms with Crippen LogP contribution >= 0.6 is 0 Å². The number of pyridine rings is 1. The molecule has 0 saturated carbocycles. The SMILES string of the molecule is O=C(NCCc1ccncc1)c1cccc(NC2=CC=C(c3ccccc3)NN2)c1.[HH].[HH]. The summed E-state index contributed by atoms with van der Waals surface area (Å²) in [6, 6.07) is 21.4. The van der Waals surface area contributed by atoms with Crippen LogP contribution in [-0.2, 0) is 6.42 Å². The summed E-state index contributed by atoms with van der Waals surface area (Å²) in [5.74, 6) is 0.701. The van der Waals surface area contributed by atoms with Gasteiger partial charge >= 0.3 is 0 Å². The molecule has 0 fully saturated rings. The van der Waals surface area contributed by atoms with E-state index in [4.69, 9.17) is 0 Å². The van der Waals surface area contributed by atoms with Gasteiger partial charge < -0.3 is 10.6 Å². The molecule has 1 aromatic heterocycles. The van der Waals surface area contributed by atoms with Gasteiger partial charge in [-0.1, -0.05) is 36.4 Å². The zero-order chi connectivity index (χ0) is 20.6. The highest BCUT2D eigenvalue weighted by Gasteiger charge is 2.09. The van der Waals surface area contributed by atoms with Crippen molar-refractivity contribution in [1.82, 2.24) is 21.2 Å². The maximum Gasteiger partial charge on any atom is 0.251 e. The lowest BCUT2D eigenvalue weighted by atomic mass is 10.1. The van der Waals surface area contributed by atoms with Crippen molar-refractivity contribution in [3.05, 3.63) is 114 Å². The maximum atomic E-state index is 12.5. The maximum absolute atomic E-state index is 12.5. The van der Waals surface area contributed by atoms with Crippen LogP contribution in [0.15, 0.2) is 97.1 Å². The second-order valence-electron chi connectivity index (χ2n) is 6.84. The molecule has 1 amide bonds. The number of benzene rings is 2. The Hall–Kier alpha value is -4.06. The zero-order valence-electron chi connectivity index (χ0n) is 16.4. The van der Waals surface area contributed by atoms with Crippen molar-refractivity contribution in [3.8, 4) is 0 Å². The second kappa shape index (κ2) is 9.43. The van der Waals surface area contributed by atoms with E-state index in [0.717, 1.165) is 34.8 Å². The standard InChI is InChI=1S/C24H23N5O.2H2/c30-24(26-16-13-18-11-14-25-15-12-18)20-7-4-8-21(17-20)27-23-10-9-22(28-29-23)19-5-2-1-3-6-19;;/h1-12,14-15,17,27-29H,13,16H2,(H,26,30);2*1H. The van der Waals surface area contributed by atoms with Gasteiger partial charge in [-0.25, -0.2) is 0 Å². The molecule has 0 unspecified atom stereocenters. The van der Waals surface area contributed by atoms with Gasteiger partial charge in [0.05, 0.1) is 5.70 Å². The summed E-state index contributed by atoms with van der Waals surface area (Å²) < 4.78 is 0. The van der Waals surface area contributed by atoms with Crippen molar-refractivity contribution in [3.63, 3.8) is 0 Å². The van der Waals surface area contributed by atoms with Gasteiger partial charge in [0, 0.05) is 33.0 Å². The van der Waals surface area contributed by atoms with Gasteiger partial charge in [-0.15, -0.1) is 0 Å². The van der Waals surface area contributed by atoms with E-state index in [9.17, 15) is 4.79 Å². The highest BCUT2D eigenvalue weighted by Crippen LogP contribution is 2.16. The van der Waals surface area contributed by atoms with E-state index in [1.165, 1.54) is 0 Å². The number of amides is 1. The van der Waals surface area contributed by atoms with Crippen molar-refractivity contribution in [2.75, 3.05) is 11.9 Å². The lowest BCUT2D eigenvalue weighted by Crippen LogP contribution is -2.35. The van der Waals surface area contributed by atoms with Crippen LogP contribution in [0.4, 0.5) is 5.69 Å². The van der Waals surface area contributed by atoms with Crippen molar-refractivity contribution in [1.29, 1.82) is 0 Å². The first kappa shape index (κ1) is 19.3. The van der Waals surface area contributed by atoms with E-state index in [2.05, 4.69) is 26.5 Å². The Bertz CT molecular complexity index is 1070. The molecule has 6 nitrogen and oxygen atoms in total. The molecule has 4 N–H and O–H groups in total. The number of hydrogen-bond donors (Lipinski definition) is 4. The van der Waals surface area contributed by atoms with Crippen molar-refractivity contribution >= 4 is 17.3 Å². The summed E-state index contributed by atoms with van der Waals surface area (Å²) >= 11 is 0. The van der Waals surface area contributed by atoms with E-state index in [1.54, 1.807) is 18.5 Å². The van der Waals surface area contributed by atoms with Crippen molar-refractivity contribution in [2.24, 2.45) is 0 Å². The van der Waals surface area contributed by atoms with Gasteiger partial charge in [-0.3, -0.25) is 20.6 Å². The van der Waals surface area contributed by atoms with Crippen LogP contribution < -0.4 is 21.5 Å². The summed E-state index contributed by atoms with van der Waals surface area (Å²) in [6.07, 6.45) is 8.25. The van der Waals surface area contributed by atoms with Crippen LogP contribution in [0.25, 0.3) is 5.70 Å². The number of hydrazine groups is 1. The van der Waals surface area contributed by atoms with Gasteiger partial charge in [-0.05, 0) is 60.0 Å². The fourth-order valence-electron chi connectivity index (χ4n) is 3.11. The first-order valence-corrected chi connectivity index (χ1v) is 9.81. The summed E-state index contributed by atoms with van der Waals surface area (Å²) in [5.41, 5.74) is 11.0. The minimum absolute atomic E-state index is 0. The molecule has 154 valence electrons. The summed E-state index contributed by atoms with van der Waals surface area (Å²) in [5, 5.41) is 6.25. The molecule has 2 aromatic carbocycles. The molecule has 1 aliphatic rings. The zero-order valence-corrected chi connectivity index (χ0v) is 16.4. The minimum atomic E-state index is -0.0947. The number of aromatic nitrogens is 1. The highest BCUT2D eigenvalue weighted by atomic mass is 16.1. The third-order valence-corrected chi connectivity index (χ3v) is 4.69. The van der Waals surface area contributed by atoms with Gasteiger partial charge in [0.25, 0.3) is 5.91 Å². The quantitative estimate of drug-likeness (QED) is 0.482. The first-order valence-electron chi connectivity index (χ1n) is 9.81. The van der Waals surface area contributed by atoms with E-state index >= 15 is 0 Å². The number of anilines is 1. The average Bonchev–Trinajstić information content (AvgIpc) is 2.81. The van der Waals surface area contributed by atoms with Crippen molar-refractivity contribution < 1.29 is 7.65 Å². The summed E-state index contributed by atoms with van der Waals surface area (Å²) in [6.45, 7) is 0.574. The lowest BCUT2D eigenvalue weighted by molar-refractivity contribution is 0.0954. The Morgan fingerprint density at radius 2 is 1.77 bits per heavy atom. The number of carbonyl (C=O) groups is 1. The van der Waals surface area contributed by atoms with Gasteiger partial charge in [0.2, 0.25) is 0 Å². The molecule has 1 aliphatic heterocycles. The molecule has 30 heavy (non-hydrogen) atoms. The number of carbonyl (C=O) groups excluding carboxylic acids is 1. The number of nitrogens with one attached hydrogen (secondary N) is 4. The summed E-state index contributed by atoms with van der Waals surface area (Å²) in [7, 11) is 0. The first-order chi connectivity index (χ1) is 14.8. The van der Waals surface area contributed by atoms with Gasteiger partial charge in [0.1, 0.15) is 5.82 Å². The third kappa shape index (κ3) is 5.05. The predicted octanol–water partition coefficient (Wildman–Crippen LogP) is 3.95. The molecule has 0 aliphatic carbocycles. The van der Waals surface area contributed by atoms with E-state index < -0.39 is 0 Å². The van der Waals surface area contributed by atoms with Crippen LogP contribution in [0.3, 0.4) is 0 Å². The Labute approximate surface area is 178 Å². The molecule has 0 radical (unpaired) electrons. The molecule has 2 heterocycles. The van der Waals surface area contributed by atoms with Gasteiger partial charge in [0.15, 0.2) is 0 Å². The topological polar surface area (TPSA) is 78.1 Å². The van der Waals surface area contributed by atoms with Crippen LogP contribution in [-0.4, -0.2) is 17.4 Å². The lowest BCUT2D eigenvalue weighted by Gasteiger charge is -2.21. The van der Waals surface area contributed by atoms with Crippen LogP contribution in [0.2, 0.25) is 0 Å². The number of nitrogens with zero attached hydrogens (tertiary/aromatic N) is 1. The summed E-state index contributed by atoms with van der Waals surface area (Å²) in [4.78, 5) is 16.5. The normalized spacial score (nSPS) is 12.7. The molecular formula is C24H27N5O. The Kier molecular flexibility index (Phi) is 6.05. The van der Waals surface area contributed by atoms with E-state index in [1.807, 2.05) is 72.8 Å². The molecular weight excluding hydrogens is 374 g/mol. The highest BCUT2D eigenvalue weighted by molar-refractivity contribution is 5.95. The van der Waals surface area contributed by atoms with E-state index in [-0.39, 0.29) is 8.76 Å². The predicted molar refractivity (Wildman–Crippen MR) is 123 cm³/mol. The molecule has 3 aromatic rings. The largest absolute Gasteiger partial charge is 0.352 e.